The summed E-state index contributed by atoms with van der Waals surface area (Å²) >= 11 is 0. The number of esters is 1. The van der Waals surface area contributed by atoms with Gasteiger partial charge in [0.1, 0.15) is 11.4 Å². The number of ether oxygens (including phenoxy) is 2. The van der Waals surface area contributed by atoms with Crippen LogP contribution in [0.5, 0.6) is 5.75 Å². The van der Waals surface area contributed by atoms with Gasteiger partial charge in [0.25, 0.3) is 0 Å². The Bertz CT molecular complexity index is 503. The number of carbonyl (C=O) groups is 1. The first kappa shape index (κ1) is 14.8. The van der Waals surface area contributed by atoms with Gasteiger partial charge in [0, 0.05) is 6.42 Å². The van der Waals surface area contributed by atoms with Crippen LogP contribution in [0.3, 0.4) is 0 Å². The second-order valence-corrected chi connectivity index (χ2v) is 5.03. The number of hydrogen-bond donors (Lipinski definition) is 1. The van der Waals surface area contributed by atoms with Crippen molar-refractivity contribution in [3.05, 3.63) is 29.3 Å². The Labute approximate surface area is 117 Å². The molecule has 0 amide bonds. The van der Waals surface area contributed by atoms with Crippen LogP contribution in [0.2, 0.25) is 0 Å². The second kappa shape index (κ2) is 5.79. The molecule has 0 saturated heterocycles. The van der Waals surface area contributed by atoms with Gasteiger partial charge in [-0.15, -0.1) is 0 Å². The third-order valence-corrected chi connectivity index (χ3v) is 3.70. The average Bonchev–Trinajstić information content (AvgIpc) is 2.45. The van der Waals surface area contributed by atoms with Gasteiger partial charge in [-0.1, -0.05) is 6.07 Å². The van der Waals surface area contributed by atoms with Gasteiger partial charge < -0.3 is 14.6 Å². The average molecular weight is 282 g/mol. The van der Waals surface area contributed by atoms with E-state index in [4.69, 9.17) is 4.74 Å². The summed E-state index contributed by atoms with van der Waals surface area (Å²) in [5.74, 6) is -0.346. The van der Waals surface area contributed by atoms with E-state index in [1.54, 1.807) is 20.1 Å². The number of methoxy groups -OCH3 is 1. The largest absolute Gasteiger partial charge is 0.497 e. The van der Waals surface area contributed by atoms with Gasteiger partial charge >= 0.3 is 5.97 Å². The molecule has 0 radical (unpaired) electrons. The van der Waals surface area contributed by atoms with E-state index in [0.29, 0.717) is 12.2 Å². The van der Waals surface area contributed by atoms with E-state index >= 15 is 0 Å². The summed E-state index contributed by atoms with van der Waals surface area (Å²) in [6.07, 6.45) is -1.22. The molecular formula is C15H19FO4. The molecule has 1 aliphatic carbocycles. The Morgan fingerprint density at radius 2 is 2.25 bits per heavy atom. The molecule has 0 spiro atoms. The molecule has 0 saturated carbocycles. The zero-order valence-corrected chi connectivity index (χ0v) is 11.7. The van der Waals surface area contributed by atoms with Crippen molar-refractivity contribution < 1.29 is 23.8 Å². The van der Waals surface area contributed by atoms with Crippen LogP contribution in [0.15, 0.2) is 18.2 Å². The first-order chi connectivity index (χ1) is 9.50. The van der Waals surface area contributed by atoms with Crippen LogP contribution in [0.4, 0.5) is 4.39 Å². The highest BCUT2D eigenvalue weighted by Crippen LogP contribution is 2.34. The predicted octanol–water partition coefficient (Wildman–Crippen LogP) is 1.82. The highest BCUT2D eigenvalue weighted by atomic mass is 19.1. The van der Waals surface area contributed by atoms with Gasteiger partial charge in [0.2, 0.25) is 6.17 Å². The number of carbonyl (C=O) groups excluding carboxylic acids is 1. The van der Waals surface area contributed by atoms with E-state index < -0.39 is 17.7 Å². The first-order valence-corrected chi connectivity index (χ1v) is 6.69. The van der Waals surface area contributed by atoms with Crippen LogP contribution >= 0.6 is 0 Å². The Kier molecular flexibility index (Phi) is 4.28. The summed E-state index contributed by atoms with van der Waals surface area (Å²) in [5, 5.41) is 10.4. The number of halogens is 1. The van der Waals surface area contributed by atoms with Crippen molar-refractivity contribution in [2.24, 2.45) is 0 Å². The highest BCUT2D eigenvalue weighted by molar-refractivity contribution is 5.76. The molecule has 0 bridgehead atoms. The Balaban J connectivity index is 2.21. The maximum Gasteiger partial charge on any atom is 0.343 e. The van der Waals surface area contributed by atoms with Gasteiger partial charge in [0.05, 0.1) is 13.7 Å². The fourth-order valence-corrected chi connectivity index (χ4v) is 2.56. The molecule has 1 aromatic rings. The fourth-order valence-electron chi connectivity index (χ4n) is 2.56. The third-order valence-electron chi connectivity index (χ3n) is 3.70. The normalized spacial score (nSPS) is 22.8. The molecule has 1 aromatic carbocycles. The number of hydrogen-bond acceptors (Lipinski definition) is 4. The van der Waals surface area contributed by atoms with Crippen LogP contribution in [0.25, 0.3) is 0 Å². The SMILES string of the molecule is CCOC(=O)C(F)C1(O)CCc2ccc(OC)cc2C1. The standard InChI is InChI=1S/C15H19FO4/c1-3-20-14(17)13(16)15(18)7-6-10-4-5-12(19-2)8-11(10)9-15/h4-5,8,13,18H,3,6-7,9H2,1-2H3. The van der Waals surface area contributed by atoms with Crippen LogP contribution in [0.1, 0.15) is 24.5 Å². The van der Waals surface area contributed by atoms with Crippen molar-refractivity contribution in [1.82, 2.24) is 0 Å². The predicted molar refractivity (Wildman–Crippen MR) is 71.5 cm³/mol. The number of alkyl halides is 1. The van der Waals surface area contributed by atoms with Gasteiger partial charge in [0.15, 0.2) is 0 Å². The lowest BCUT2D eigenvalue weighted by atomic mass is 9.77. The first-order valence-electron chi connectivity index (χ1n) is 6.69. The molecule has 0 aliphatic heterocycles. The number of rotatable bonds is 4. The quantitative estimate of drug-likeness (QED) is 0.856. The van der Waals surface area contributed by atoms with E-state index in [2.05, 4.69) is 4.74 Å². The maximum absolute atomic E-state index is 14.2. The number of aryl methyl sites for hydroxylation is 1. The van der Waals surface area contributed by atoms with E-state index in [1.165, 1.54) is 0 Å². The van der Waals surface area contributed by atoms with Crippen molar-refractivity contribution in [2.75, 3.05) is 13.7 Å². The molecule has 4 nitrogen and oxygen atoms in total. The van der Waals surface area contributed by atoms with Crippen LogP contribution in [0, 0.1) is 0 Å². The summed E-state index contributed by atoms with van der Waals surface area (Å²) in [5.41, 5.74) is 0.155. The number of fused-ring (bicyclic) bond motifs is 1. The van der Waals surface area contributed by atoms with Crippen LogP contribution in [-0.2, 0) is 22.4 Å². The minimum absolute atomic E-state index is 0.0829. The monoisotopic (exact) mass is 282 g/mol. The van der Waals surface area contributed by atoms with E-state index in [9.17, 15) is 14.3 Å². The molecule has 2 rings (SSSR count). The van der Waals surface area contributed by atoms with Crippen LogP contribution in [-0.4, -0.2) is 36.6 Å². The van der Waals surface area contributed by atoms with Gasteiger partial charge in [-0.3, -0.25) is 0 Å². The Morgan fingerprint density at radius 1 is 1.50 bits per heavy atom. The van der Waals surface area contributed by atoms with Crippen LogP contribution < -0.4 is 4.74 Å². The highest BCUT2D eigenvalue weighted by Gasteiger charge is 2.45. The molecule has 2 atom stereocenters. The topological polar surface area (TPSA) is 55.8 Å². The zero-order valence-electron chi connectivity index (χ0n) is 11.7. The zero-order chi connectivity index (χ0) is 14.8. The Hall–Kier alpha value is -1.62. The Morgan fingerprint density at radius 3 is 2.90 bits per heavy atom. The smallest absolute Gasteiger partial charge is 0.343 e. The molecule has 0 fully saturated rings. The summed E-state index contributed by atoms with van der Waals surface area (Å²) in [6.45, 7) is 1.70. The lowest BCUT2D eigenvalue weighted by Gasteiger charge is -2.35. The van der Waals surface area contributed by atoms with Crippen molar-refractivity contribution >= 4 is 5.97 Å². The van der Waals surface area contributed by atoms with E-state index in [0.717, 1.165) is 11.1 Å². The minimum Gasteiger partial charge on any atom is -0.497 e. The van der Waals surface area contributed by atoms with Crippen molar-refractivity contribution in [1.29, 1.82) is 0 Å². The third kappa shape index (κ3) is 2.77. The maximum atomic E-state index is 14.2. The minimum atomic E-state index is -2.03. The molecule has 1 aliphatic rings. The van der Waals surface area contributed by atoms with E-state index in [1.807, 2.05) is 12.1 Å². The lowest BCUT2D eigenvalue weighted by molar-refractivity contribution is -0.161. The van der Waals surface area contributed by atoms with E-state index in [-0.39, 0.29) is 19.4 Å². The number of aliphatic hydroxyl groups is 1. The fraction of sp³-hybridized carbons (Fsp3) is 0.533. The lowest BCUT2D eigenvalue weighted by Crippen LogP contribution is -2.49. The molecule has 110 valence electrons. The summed E-state index contributed by atoms with van der Waals surface area (Å²) in [7, 11) is 1.55. The molecule has 2 unspecified atom stereocenters. The van der Waals surface area contributed by atoms with Gasteiger partial charge in [-0.05, 0) is 43.0 Å². The van der Waals surface area contributed by atoms with Crippen molar-refractivity contribution in [2.45, 2.75) is 38.0 Å². The van der Waals surface area contributed by atoms with Gasteiger partial charge in [-0.25, -0.2) is 9.18 Å². The molecule has 20 heavy (non-hydrogen) atoms. The summed E-state index contributed by atoms with van der Waals surface area (Å²) in [6, 6.07) is 5.52. The second-order valence-electron chi connectivity index (χ2n) is 5.03. The molecule has 0 aromatic heterocycles. The molecular weight excluding hydrogens is 263 g/mol. The summed E-state index contributed by atoms with van der Waals surface area (Å²) in [4.78, 5) is 11.5. The molecule has 1 N–H and O–H groups in total. The van der Waals surface area contributed by atoms with Crippen molar-refractivity contribution in [3.8, 4) is 5.75 Å². The molecule has 5 heteroatoms. The number of benzene rings is 1. The van der Waals surface area contributed by atoms with Gasteiger partial charge in [-0.2, -0.15) is 0 Å². The van der Waals surface area contributed by atoms with Crippen molar-refractivity contribution in [3.63, 3.8) is 0 Å². The molecule has 0 heterocycles. The summed E-state index contributed by atoms with van der Waals surface area (Å²) < 4.78 is 24.0.